The fourth-order valence-corrected chi connectivity index (χ4v) is 1.83. The van der Waals surface area contributed by atoms with Crippen molar-refractivity contribution in [2.24, 2.45) is 4.99 Å². The Bertz CT molecular complexity index is 360. The van der Waals surface area contributed by atoms with Crippen molar-refractivity contribution in [2.45, 2.75) is 19.8 Å². The fourth-order valence-electron chi connectivity index (χ4n) is 1.83. The summed E-state index contributed by atoms with van der Waals surface area (Å²) in [5, 5.41) is 0. The van der Waals surface area contributed by atoms with Gasteiger partial charge in [0.2, 0.25) is 0 Å². The zero-order valence-electron chi connectivity index (χ0n) is 8.53. The molecule has 1 heteroatoms. The summed E-state index contributed by atoms with van der Waals surface area (Å²) in [5.41, 5.74) is 4.06. The second-order valence-corrected chi connectivity index (χ2v) is 3.55. The van der Waals surface area contributed by atoms with Crippen LogP contribution in [0.1, 0.15) is 18.9 Å². The zero-order valence-corrected chi connectivity index (χ0v) is 8.53. The van der Waals surface area contributed by atoms with E-state index in [1.54, 1.807) is 0 Å². The molecule has 0 radical (unpaired) electrons. The molecule has 0 aromatic heterocycles. The van der Waals surface area contributed by atoms with E-state index in [0.29, 0.717) is 0 Å². The Morgan fingerprint density at radius 2 is 2.07 bits per heavy atom. The minimum absolute atomic E-state index is 0.974. The third kappa shape index (κ3) is 1.92. The van der Waals surface area contributed by atoms with Crippen molar-refractivity contribution in [3.63, 3.8) is 0 Å². The van der Waals surface area contributed by atoms with Gasteiger partial charge >= 0.3 is 0 Å². The normalized spacial score (nSPS) is 18.6. The highest BCUT2D eigenvalue weighted by Gasteiger charge is 2.12. The molecule has 0 fully saturated rings. The fraction of sp³-hybridized carbons (Fsp3) is 0.308. The van der Waals surface area contributed by atoms with Crippen LogP contribution >= 0.6 is 0 Å². The molecule has 1 aromatic carbocycles. The number of rotatable bonds is 2. The van der Waals surface area contributed by atoms with Crippen LogP contribution in [-0.2, 0) is 6.42 Å². The van der Waals surface area contributed by atoms with Crippen molar-refractivity contribution in [1.29, 1.82) is 0 Å². The molecule has 0 aliphatic carbocycles. The largest absolute Gasteiger partial charge is 0.289 e. The molecule has 72 valence electrons. The Balaban J connectivity index is 2.12. The van der Waals surface area contributed by atoms with E-state index in [1.807, 2.05) is 0 Å². The second-order valence-electron chi connectivity index (χ2n) is 3.55. The summed E-state index contributed by atoms with van der Waals surface area (Å²) in [4.78, 5) is 4.53. The van der Waals surface area contributed by atoms with E-state index in [4.69, 9.17) is 0 Å². The van der Waals surface area contributed by atoms with Gasteiger partial charge < -0.3 is 0 Å². The smallest absolute Gasteiger partial charge is 0.0433 e. The van der Waals surface area contributed by atoms with Crippen molar-refractivity contribution in [2.75, 3.05) is 6.54 Å². The van der Waals surface area contributed by atoms with Crippen molar-refractivity contribution in [3.8, 4) is 0 Å². The van der Waals surface area contributed by atoms with Crippen LogP contribution in [0.5, 0.6) is 0 Å². The van der Waals surface area contributed by atoms with Crippen LogP contribution in [0.2, 0.25) is 0 Å². The SMILES string of the molecule is C/C=C1\CCN=C1Cc1ccccc1. The number of aliphatic imine (C=N–C) groups is 1. The molecule has 1 nitrogen and oxygen atoms in total. The van der Waals surface area contributed by atoms with Crippen LogP contribution in [0.15, 0.2) is 47.0 Å². The van der Waals surface area contributed by atoms with Gasteiger partial charge in [-0.1, -0.05) is 36.4 Å². The van der Waals surface area contributed by atoms with Crippen LogP contribution < -0.4 is 0 Å². The number of hydrogen-bond donors (Lipinski definition) is 0. The number of allylic oxidation sites excluding steroid dienone is 1. The average molecular weight is 185 g/mol. The minimum atomic E-state index is 0.974. The van der Waals surface area contributed by atoms with E-state index in [2.05, 4.69) is 48.3 Å². The molecule has 0 atom stereocenters. The molecule has 1 aliphatic heterocycles. The quantitative estimate of drug-likeness (QED) is 0.671. The molecule has 1 aliphatic rings. The molecular formula is C13H15N. The maximum Gasteiger partial charge on any atom is 0.0433 e. The molecule has 0 amide bonds. The highest BCUT2D eigenvalue weighted by molar-refractivity contribution is 6.02. The zero-order chi connectivity index (χ0) is 9.80. The number of nitrogens with zero attached hydrogens (tertiary/aromatic N) is 1. The lowest BCUT2D eigenvalue weighted by atomic mass is 10.0. The van der Waals surface area contributed by atoms with Gasteiger partial charge in [-0.15, -0.1) is 0 Å². The third-order valence-corrected chi connectivity index (χ3v) is 2.62. The lowest BCUT2D eigenvalue weighted by Crippen LogP contribution is -2.01. The Labute approximate surface area is 85.2 Å². The predicted molar refractivity (Wildman–Crippen MR) is 60.8 cm³/mol. The van der Waals surface area contributed by atoms with E-state index in [-0.39, 0.29) is 0 Å². The summed E-state index contributed by atoms with van der Waals surface area (Å²) >= 11 is 0. The van der Waals surface area contributed by atoms with Gasteiger partial charge in [0.25, 0.3) is 0 Å². The first kappa shape index (κ1) is 9.20. The standard InChI is InChI=1S/C13H15N/c1-2-12-8-9-14-13(12)10-11-6-4-3-5-7-11/h2-7H,8-10H2,1H3/b12-2+. The van der Waals surface area contributed by atoms with Crippen LogP contribution in [0.4, 0.5) is 0 Å². The summed E-state index contributed by atoms with van der Waals surface area (Å²) in [5.74, 6) is 0. The summed E-state index contributed by atoms with van der Waals surface area (Å²) in [6, 6.07) is 10.5. The van der Waals surface area contributed by atoms with Gasteiger partial charge in [-0.2, -0.15) is 0 Å². The van der Waals surface area contributed by atoms with Crippen molar-refractivity contribution in [1.82, 2.24) is 0 Å². The Kier molecular flexibility index (Phi) is 2.78. The van der Waals surface area contributed by atoms with E-state index < -0.39 is 0 Å². The van der Waals surface area contributed by atoms with Crippen LogP contribution in [0, 0.1) is 0 Å². The molecule has 1 heterocycles. The number of benzene rings is 1. The molecule has 0 spiro atoms. The minimum Gasteiger partial charge on any atom is -0.289 e. The first-order valence-corrected chi connectivity index (χ1v) is 5.13. The number of hydrogen-bond acceptors (Lipinski definition) is 1. The highest BCUT2D eigenvalue weighted by atomic mass is 14.8. The summed E-state index contributed by atoms with van der Waals surface area (Å²) in [7, 11) is 0. The highest BCUT2D eigenvalue weighted by Crippen LogP contribution is 2.16. The maximum atomic E-state index is 4.53. The molecule has 0 saturated heterocycles. The van der Waals surface area contributed by atoms with Crippen molar-refractivity contribution < 1.29 is 0 Å². The molecular weight excluding hydrogens is 170 g/mol. The topological polar surface area (TPSA) is 12.4 Å². The van der Waals surface area contributed by atoms with E-state index in [9.17, 15) is 0 Å². The van der Waals surface area contributed by atoms with Crippen molar-refractivity contribution in [3.05, 3.63) is 47.5 Å². The van der Waals surface area contributed by atoms with Gasteiger partial charge in [0.1, 0.15) is 0 Å². The van der Waals surface area contributed by atoms with Gasteiger partial charge in [-0.05, 0) is 24.5 Å². The van der Waals surface area contributed by atoms with Crippen LogP contribution in [0.25, 0.3) is 0 Å². The summed E-state index contributed by atoms with van der Waals surface area (Å²) in [6.45, 7) is 3.07. The van der Waals surface area contributed by atoms with Gasteiger partial charge in [-0.3, -0.25) is 4.99 Å². The summed E-state index contributed by atoms with van der Waals surface area (Å²) in [6.07, 6.45) is 4.30. The Hall–Kier alpha value is -1.37. The van der Waals surface area contributed by atoms with Gasteiger partial charge in [0.05, 0.1) is 0 Å². The predicted octanol–water partition coefficient (Wildman–Crippen LogP) is 3.02. The van der Waals surface area contributed by atoms with Crippen molar-refractivity contribution >= 4 is 5.71 Å². The molecule has 0 bridgehead atoms. The van der Waals surface area contributed by atoms with Crippen LogP contribution in [-0.4, -0.2) is 12.3 Å². The first-order chi connectivity index (χ1) is 6.90. The Morgan fingerprint density at radius 3 is 2.79 bits per heavy atom. The van der Waals surface area contributed by atoms with E-state index in [1.165, 1.54) is 16.8 Å². The van der Waals surface area contributed by atoms with Gasteiger partial charge in [0.15, 0.2) is 0 Å². The van der Waals surface area contributed by atoms with E-state index >= 15 is 0 Å². The third-order valence-electron chi connectivity index (χ3n) is 2.62. The average Bonchev–Trinajstić information content (AvgIpc) is 2.67. The molecule has 2 rings (SSSR count). The van der Waals surface area contributed by atoms with E-state index in [0.717, 1.165) is 19.4 Å². The molecule has 0 unspecified atom stereocenters. The van der Waals surface area contributed by atoms with Gasteiger partial charge in [-0.25, -0.2) is 0 Å². The lowest BCUT2D eigenvalue weighted by Gasteiger charge is -2.02. The van der Waals surface area contributed by atoms with Crippen LogP contribution in [0.3, 0.4) is 0 Å². The maximum absolute atomic E-state index is 4.53. The lowest BCUT2D eigenvalue weighted by molar-refractivity contribution is 1.04. The molecule has 0 N–H and O–H groups in total. The molecule has 1 aromatic rings. The first-order valence-electron chi connectivity index (χ1n) is 5.13. The molecule has 14 heavy (non-hydrogen) atoms. The van der Waals surface area contributed by atoms with Gasteiger partial charge in [0, 0.05) is 18.7 Å². The monoisotopic (exact) mass is 185 g/mol. The second kappa shape index (κ2) is 4.23. The summed E-state index contributed by atoms with van der Waals surface area (Å²) < 4.78 is 0. The Morgan fingerprint density at radius 1 is 1.29 bits per heavy atom. The molecule has 0 saturated carbocycles.